The minimum absolute atomic E-state index is 0.240. The van der Waals surface area contributed by atoms with Gasteiger partial charge in [-0.15, -0.1) is 0 Å². The van der Waals surface area contributed by atoms with Crippen LogP contribution in [0.25, 0.3) is 0 Å². The van der Waals surface area contributed by atoms with Crippen molar-refractivity contribution < 1.29 is 23.8 Å². The number of hydrogen-bond donors (Lipinski definition) is 2. The van der Waals surface area contributed by atoms with Gasteiger partial charge in [-0.05, 0) is 64.3 Å². The maximum absolute atomic E-state index is 13.1. The fourth-order valence-corrected chi connectivity index (χ4v) is 4.50. The van der Waals surface area contributed by atoms with Crippen molar-refractivity contribution in [3.8, 4) is 17.2 Å². The fourth-order valence-electron chi connectivity index (χ4n) is 3.42. The summed E-state index contributed by atoms with van der Waals surface area (Å²) in [6, 6.07) is 16.6. The van der Waals surface area contributed by atoms with Crippen LogP contribution in [-0.2, 0) is 16.0 Å². The summed E-state index contributed by atoms with van der Waals surface area (Å²) in [7, 11) is 3.06. The maximum atomic E-state index is 13.1. The lowest BCUT2D eigenvalue weighted by Gasteiger charge is -2.21. The standard InChI is InChI=1S/C27H26BrCl2N3O5/c1-16(38-23-10-9-19(29)14-21(23)30)26(34)32-22(12-17-7-5-4-6-8-17)27(35)33-31-15-18-11-20(28)25(37-3)24(13-18)36-2/h4-11,13-16,22H,12H2,1-3H3,(H,32,34)(H,33,35)/b31-15-/t16-,22+/m0/s1. The zero-order chi connectivity index (χ0) is 27.7. The first kappa shape index (κ1) is 29.3. The summed E-state index contributed by atoms with van der Waals surface area (Å²) < 4.78 is 17.0. The zero-order valence-corrected chi connectivity index (χ0v) is 23.9. The highest BCUT2D eigenvalue weighted by Gasteiger charge is 2.25. The Morgan fingerprint density at radius 3 is 2.39 bits per heavy atom. The van der Waals surface area contributed by atoms with E-state index in [2.05, 4.69) is 31.8 Å². The Labute approximate surface area is 239 Å². The maximum Gasteiger partial charge on any atom is 0.262 e. The number of benzene rings is 3. The molecule has 0 aromatic heterocycles. The molecular weight excluding hydrogens is 597 g/mol. The summed E-state index contributed by atoms with van der Waals surface area (Å²) in [4.78, 5) is 26.0. The molecule has 3 rings (SSSR count). The van der Waals surface area contributed by atoms with Crippen LogP contribution in [0.5, 0.6) is 17.2 Å². The first-order chi connectivity index (χ1) is 18.2. The van der Waals surface area contributed by atoms with Gasteiger partial charge in [0, 0.05) is 11.4 Å². The molecule has 0 spiro atoms. The van der Waals surface area contributed by atoms with Crippen LogP contribution in [0.4, 0.5) is 0 Å². The average molecular weight is 623 g/mol. The summed E-state index contributed by atoms with van der Waals surface area (Å²) in [5.74, 6) is 0.331. The number of ether oxygens (including phenoxy) is 3. The molecule has 0 aliphatic rings. The summed E-state index contributed by atoms with van der Waals surface area (Å²) in [6.45, 7) is 1.56. The molecule has 0 bridgehead atoms. The fraction of sp³-hybridized carbons (Fsp3) is 0.222. The normalized spacial score (nSPS) is 12.5. The molecule has 11 heteroatoms. The van der Waals surface area contributed by atoms with Crippen LogP contribution in [0.3, 0.4) is 0 Å². The summed E-state index contributed by atoms with van der Waals surface area (Å²) in [5, 5.41) is 7.52. The first-order valence-corrected chi connectivity index (χ1v) is 13.0. The van der Waals surface area contributed by atoms with Gasteiger partial charge in [0.25, 0.3) is 11.8 Å². The van der Waals surface area contributed by atoms with Crippen molar-refractivity contribution in [3.05, 3.63) is 86.3 Å². The van der Waals surface area contributed by atoms with Gasteiger partial charge in [0.15, 0.2) is 17.6 Å². The van der Waals surface area contributed by atoms with Crippen molar-refractivity contribution >= 4 is 57.2 Å². The summed E-state index contributed by atoms with van der Waals surface area (Å²) >= 11 is 15.5. The van der Waals surface area contributed by atoms with E-state index in [0.29, 0.717) is 32.3 Å². The molecule has 0 fully saturated rings. The van der Waals surface area contributed by atoms with Crippen LogP contribution < -0.4 is 25.0 Å². The highest BCUT2D eigenvalue weighted by Crippen LogP contribution is 2.35. The van der Waals surface area contributed by atoms with Crippen LogP contribution >= 0.6 is 39.1 Å². The predicted molar refractivity (Wildman–Crippen MR) is 152 cm³/mol. The molecule has 0 radical (unpaired) electrons. The lowest BCUT2D eigenvalue weighted by molar-refractivity contribution is -0.132. The Morgan fingerprint density at radius 1 is 1.00 bits per heavy atom. The summed E-state index contributed by atoms with van der Waals surface area (Å²) in [6.07, 6.45) is 0.761. The zero-order valence-electron chi connectivity index (χ0n) is 20.8. The second kappa shape index (κ2) is 14.0. The van der Waals surface area contributed by atoms with E-state index in [9.17, 15) is 9.59 Å². The molecule has 200 valence electrons. The van der Waals surface area contributed by atoms with E-state index >= 15 is 0 Å². The Hall–Kier alpha value is -3.27. The molecular formula is C27H26BrCl2N3O5. The molecule has 2 amide bonds. The van der Waals surface area contributed by atoms with Gasteiger partial charge in [-0.2, -0.15) is 5.10 Å². The SMILES string of the molecule is COc1cc(/C=N\NC(=O)[C@@H](Cc2ccccc2)NC(=O)[C@H](C)Oc2ccc(Cl)cc2Cl)cc(Br)c1OC. The van der Waals surface area contributed by atoms with E-state index in [1.165, 1.54) is 26.5 Å². The smallest absolute Gasteiger partial charge is 0.262 e. The number of halogens is 3. The van der Waals surface area contributed by atoms with E-state index in [4.69, 9.17) is 37.4 Å². The van der Waals surface area contributed by atoms with Gasteiger partial charge in [0.2, 0.25) is 0 Å². The molecule has 3 aromatic carbocycles. The van der Waals surface area contributed by atoms with Crippen molar-refractivity contribution in [2.45, 2.75) is 25.5 Å². The third-order valence-corrected chi connectivity index (χ3v) is 6.45. The number of hydrazone groups is 1. The summed E-state index contributed by atoms with van der Waals surface area (Å²) in [5.41, 5.74) is 4.01. The quantitative estimate of drug-likeness (QED) is 0.220. The van der Waals surface area contributed by atoms with Crippen molar-refractivity contribution in [1.29, 1.82) is 0 Å². The van der Waals surface area contributed by atoms with Crippen LogP contribution in [0.15, 0.2) is 70.2 Å². The van der Waals surface area contributed by atoms with Gasteiger partial charge in [0.05, 0.1) is 29.9 Å². The Morgan fingerprint density at radius 2 is 1.74 bits per heavy atom. The van der Waals surface area contributed by atoms with Gasteiger partial charge < -0.3 is 19.5 Å². The molecule has 0 aliphatic heterocycles. The molecule has 2 atom stereocenters. The topological polar surface area (TPSA) is 98.2 Å². The number of carbonyl (C=O) groups is 2. The van der Waals surface area contributed by atoms with Crippen molar-refractivity contribution in [1.82, 2.24) is 10.7 Å². The van der Waals surface area contributed by atoms with Crippen molar-refractivity contribution in [2.24, 2.45) is 5.10 Å². The van der Waals surface area contributed by atoms with Gasteiger partial charge in [-0.3, -0.25) is 9.59 Å². The number of nitrogens with zero attached hydrogens (tertiary/aromatic N) is 1. The third kappa shape index (κ3) is 8.11. The lowest BCUT2D eigenvalue weighted by Crippen LogP contribution is -2.50. The predicted octanol–water partition coefficient (Wildman–Crippen LogP) is 5.42. The molecule has 0 saturated heterocycles. The van der Waals surface area contributed by atoms with E-state index < -0.39 is 24.0 Å². The minimum Gasteiger partial charge on any atom is -0.493 e. The Bertz CT molecular complexity index is 1310. The third-order valence-electron chi connectivity index (χ3n) is 5.33. The number of hydrogen-bond acceptors (Lipinski definition) is 6. The Balaban J connectivity index is 1.72. The van der Waals surface area contributed by atoms with Gasteiger partial charge in [-0.1, -0.05) is 53.5 Å². The van der Waals surface area contributed by atoms with Crippen LogP contribution in [-0.4, -0.2) is 44.4 Å². The van der Waals surface area contributed by atoms with Crippen LogP contribution in [0.2, 0.25) is 10.0 Å². The van der Waals surface area contributed by atoms with Crippen LogP contribution in [0, 0.1) is 0 Å². The second-order valence-corrected chi connectivity index (χ2v) is 9.76. The molecule has 2 N–H and O–H groups in total. The van der Waals surface area contributed by atoms with Crippen molar-refractivity contribution in [2.75, 3.05) is 14.2 Å². The number of carbonyl (C=O) groups excluding carboxylic acids is 2. The molecule has 0 heterocycles. The number of nitrogens with one attached hydrogen (secondary N) is 2. The van der Waals surface area contributed by atoms with Gasteiger partial charge in [-0.25, -0.2) is 5.43 Å². The molecule has 3 aromatic rings. The van der Waals surface area contributed by atoms with E-state index in [-0.39, 0.29) is 11.4 Å². The molecule has 0 unspecified atom stereocenters. The van der Waals surface area contributed by atoms with Gasteiger partial charge >= 0.3 is 0 Å². The molecule has 8 nitrogen and oxygen atoms in total. The monoisotopic (exact) mass is 621 g/mol. The van der Waals surface area contributed by atoms with Gasteiger partial charge in [0.1, 0.15) is 11.8 Å². The van der Waals surface area contributed by atoms with E-state index in [1.54, 1.807) is 31.2 Å². The largest absolute Gasteiger partial charge is 0.493 e. The molecule has 0 aliphatic carbocycles. The van der Waals surface area contributed by atoms with Crippen LogP contribution in [0.1, 0.15) is 18.1 Å². The average Bonchev–Trinajstić information content (AvgIpc) is 2.89. The molecule has 38 heavy (non-hydrogen) atoms. The van der Waals surface area contributed by atoms with Crippen molar-refractivity contribution in [3.63, 3.8) is 0 Å². The van der Waals surface area contributed by atoms with E-state index in [1.807, 2.05) is 30.3 Å². The highest BCUT2D eigenvalue weighted by molar-refractivity contribution is 9.10. The number of amides is 2. The number of rotatable bonds is 11. The number of methoxy groups -OCH3 is 2. The highest BCUT2D eigenvalue weighted by atomic mass is 79.9. The van der Waals surface area contributed by atoms with E-state index in [0.717, 1.165) is 5.56 Å². The lowest BCUT2D eigenvalue weighted by atomic mass is 10.1. The first-order valence-electron chi connectivity index (χ1n) is 11.4. The second-order valence-electron chi connectivity index (χ2n) is 8.06. The Kier molecular flexibility index (Phi) is 10.8. The molecule has 0 saturated carbocycles. The minimum atomic E-state index is -0.938.